The number of benzene rings is 2. The molecule has 0 bridgehead atoms. The number of ketones is 1. The van der Waals surface area contributed by atoms with E-state index in [0.717, 1.165) is 11.3 Å². The largest absolute Gasteiger partial charge is 0.352 e. The van der Waals surface area contributed by atoms with Crippen LogP contribution in [0.1, 0.15) is 36.7 Å². The molecule has 0 radical (unpaired) electrons. The molecule has 2 aromatic rings. The molecule has 5 nitrogen and oxygen atoms in total. The number of halogens is 1. The van der Waals surface area contributed by atoms with Crippen molar-refractivity contribution in [2.75, 3.05) is 4.90 Å². The second kappa shape index (κ2) is 6.79. The first-order valence-corrected chi connectivity index (χ1v) is 10.8. The van der Waals surface area contributed by atoms with Gasteiger partial charge in [0.25, 0.3) is 0 Å². The number of carbonyl (C=O) groups is 3. The van der Waals surface area contributed by atoms with Crippen molar-refractivity contribution in [1.82, 2.24) is 4.90 Å². The number of rotatable bonds is 2. The van der Waals surface area contributed by atoms with Gasteiger partial charge < -0.3 is 4.90 Å². The van der Waals surface area contributed by atoms with Crippen molar-refractivity contribution in [2.24, 2.45) is 11.8 Å². The lowest BCUT2D eigenvalue weighted by Crippen LogP contribution is -2.52. The third-order valence-corrected chi connectivity index (χ3v) is 6.82. The van der Waals surface area contributed by atoms with E-state index in [0.29, 0.717) is 10.6 Å². The molecule has 6 heteroatoms. The quantitative estimate of drug-likeness (QED) is 0.525. The highest BCUT2D eigenvalue weighted by Gasteiger charge is 2.65. The molecule has 158 valence electrons. The number of para-hydroxylation sites is 1. The zero-order valence-electron chi connectivity index (χ0n) is 17.6. The number of hydrogen-bond donors (Lipinski definition) is 0. The minimum absolute atomic E-state index is 0.212. The molecule has 4 atom stereocenters. The van der Waals surface area contributed by atoms with Gasteiger partial charge in [-0.3, -0.25) is 19.3 Å². The molecule has 0 aliphatic carbocycles. The van der Waals surface area contributed by atoms with Crippen LogP contribution in [-0.4, -0.2) is 40.1 Å². The summed E-state index contributed by atoms with van der Waals surface area (Å²) in [6.45, 7) is 5.54. The normalized spacial score (nSPS) is 26.7. The minimum atomic E-state index is -0.801. The number of amides is 2. The Labute approximate surface area is 186 Å². The van der Waals surface area contributed by atoms with Crippen LogP contribution < -0.4 is 4.90 Å². The van der Waals surface area contributed by atoms with Gasteiger partial charge in [-0.05, 0) is 44.5 Å². The molecule has 2 fully saturated rings. The topological polar surface area (TPSA) is 57.7 Å². The molecule has 2 amide bonds. The fourth-order valence-electron chi connectivity index (χ4n) is 5.30. The smallest absolute Gasteiger partial charge is 0.236 e. The minimum Gasteiger partial charge on any atom is -0.352 e. The van der Waals surface area contributed by atoms with Gasteiger partial charge >= 0.3 is 0 Å². The fraction of sp³-hybridized carbons (Fsp3) is 0.320. The summed E-state index contributed by atoms with van der Waals surface area (Å²) in [5.41, 5.74) is 1.54. The van der Waals surface area contributed by atoms with Gasteiger partial charge in [-0.15, -0.1) is 0 Å². The van der Waals surface area contributed by atoms with Crippen LogP contribution in [0.5, 0.6) is 0 Å². The van der Waals surface area contributed by atoms with Gasteiger partial charge in [0.05, 0.1) is 22.9 Å². The van der Waals surface area contributed by atoms with Crippen LogP contribution >= 0.6 is 11.6 Å². The number of anilines is 1. The van der Waals surface area contributed by atoms with Crippen molar-refractivity contribution < 1.29 is 14.4 Å². The lowest BCUT2D eigenvalue weighted by Gasteiger charge is -2.38. The first kappa shape index (κ1) is 20.0. The van der Waals surface area contributed by atoms with E-state index in [9.17, 15) is 14.4 Å². The molecule has 0 spiro atoms. The van der Waals surface area contributed by atoms with Crippen molar-refractivity contribution in [3.05, 3.63) is 70.8 Å². The average Bonchev–Trinajstić information content (AvgIpc) is 3.20. The molecule has 5 rings (SSSR count). The van der Waals surface area contributed by atoms with Crippen molar-refractivity contribution in [1.29, 1.82) is 0 Å². The molecule has 3 aliphatic heterocycles. The molecule has 0 N–H and O–H groups in total. The Morgan fingerprint density at radius 2 is 1.58 bits per heavy atom. The Morgan fingerprint density at radius 3 is 2.29 bits per heavy atom. The number of fused-ring (bicyclic) bond motifs is 5. The molecule has 31 heavy (non-hydrogen) atoms. The Morgan fingerprint density at radius 1 is 0.935 bits per heavy atom. The van der Waals surface area contributed by atoms with Gasteiger partial charge in [0, 0.05) is 16.8 Å². The van der Waals surface area contributed by atoms with E-state index in [1.807, 2.05) is 62.1 Å². The lowest BCUT2D eigenvalue weighted by molar-refractivity contribution is -0.145. The monoisotopic (exact) mass is 434 g/mol. The molecule has 3 aliphatic rings. The van der Waals surface area contributed by atoms with E-state index in [1.165, 1.54) is 4.90 Å². The van der Waals surface area contributed by atoms with Crippen molar-refractivity contribution >= 4 is 41.0 Å². The average molecular weight is 435 g/mol. The second-order valence-electron chi connectivity index (χ2n) is 9.34. The summed E-state index contributed by atoms with van der Waals surface area (Å²) in [7, 11) is 0. The highest BCUT2D eigenvalue weighted by Crippen LogP contribution is 2.50. The summed E-state index contributed by atoms with van der Waals surface area (Å²) in [6, 6.07) is 13.5. The van der Waals surface area contributed by atoms with Gasteiger partial charge in [0.1, 0.15) is 6.04 Å². The van der Waals surface area contributed by atoms with Crippen LogP contribution in [0, 0.1) is 11.8 Å². The van der Waals surface area contributed by atoms with Crippen LogP contribution in [0.15, 0.2) is 54.6 Å². The lowest BCUT2D eigenvalue weighted by atomic mass is 9.86. The third-order valence-electron chi connectivity index (χ3n) is 6.49. The highest BCUT2D eigenvalue weighted by molar-refractivity contribution is 6.34. The number of likely N-dealkylation sites (tertiary alicyclic amines) is 1. The van der Waals surface area contributed by atoms with Crippen LogP contribution in [0.4, 0.5) is 5.69 Å². The summed E-state index contributed by atoms with van der Waals surface area (Å²) in [5, 5.41) is 0.345. The van der Waals surface area contributed by atoms with Gasteiger partial charge in [0.2, 0.25) is 11.8 Å². The van der Waals surface area contributed by atoms with Gasteiger partial charge in [-0.25, -0.2) is 0 Å². The highest BCUT2D eigenvalue weighted by atomic mass is 35.5. The third kappa shape index (κ3) is 2.79. The summed E-state index contributed by atoms with van der Waals surface area (Å²) in [5.74, 6) is -2.08. The standard InChI is InChI=1S/C25H23ClN2O3/c1-25(2,3)28-23(30)19-18-13-12-14-8-4-7-11-17(14)27(18)21(20(19)24(28)31)22(29)15-9-5-6-10-16(15)26/h4-13,18-21H,1-3H3/t18-,19-,20+,21-/m1/s1. The number of carbonyl (C=O) groups excluding carboxylic acids is 3. The molecule has 3 heterocycles. The van der Waals surface area contributed by atoms with E-state index >= 15 is 0 Å². The molecular formula is C25H23ClN2O3. The van der Waals surface area contributed by atoms with E-state index in [1.54, 1.807) is 24.3 Å². The fourth-order valence-corrected chi connectivity index (χ4v) is 5.52. The maximum absolute atomic E-state index is 13.9. The predicted octanol–water partition coefficient (Wildman–Crippen LogP) is 4.21. The van der Waals surface area contributed by atoms with Crippen LogP contribution in [-0.2, 0) is 9.59 Å². The molecule has 0 aromatic heterocycles. The molecular weight excluding hydrogens is 412 g/mol. The summed E-state index contributed by atoms with van der Waals surface area (Å²) in [4.78, 5) is 44.3. The predicted molar refractivity (Wildman–Crippen MR) is 120 cm³/mol. The first-order valence-electron chi connectivity index (χ1n) is 10.4. The van der Waals surface area contributed by atoms with Crippen molar-refractivity contribution in [3.63, 3.8) is 0 Å². The number of imide groups is 1. The molecule has 0 unspecified atom stereocenters. The zero-order valence-corrected chi connectivity index (χ0v) is 18.3. The van der Waals surface area contributed by atoms with Crippen molar-refractivity contribution in [2.45, 2.75) is 38.4 Å². The SMILES string of the molecule is CC(C)(C)N1C(=O)[C@H]2[C@H](C1=O)[C@H](C(=O)c1ccccc1Cl)N1c3ccccc3C=C[C@H]21. The first-order chi connectivity index (χ1) is 14.7. The van der Waals surface area contributed by atoms with Gasteiger partial charge in [-0.2, -0.15) is 0 Å². The Kier molecular flexibility index (Phi) is 4.38. The van der Waals surface area contributed by atoms with Crippen molar-refractivity contribution in [3.8, 4) is 0 Å². The molecule has 0 saturated carbocycles. The maximum Gasteiger partial charge on any atom is 0.236 e. The zero-order chi connectivity index (χ0) is 22.1. The number of nitrogens with zero attached hydrogens (tertiary/aromatic N) is 2. The van der Waals surface area contributed by atoms with E-state index in [2.05, 4.69) is 0 Å². The molecule has 2 aromatic carbocycles. The number of Topliss-reactive ketones (excluding diaryl/α,β-unsaturated/α-hetero) is 1. The van der Waals surface area contributed by atoms with Gasteiger partial charge in [0.15, 0.2) is 5.78 Å². The van der Waals surface area contributed by atoms with E-state index < -0.39 is 23.4 Å². The van der Waals surface area contributed by atoms with Crippen LogP contribution in [0.25, 0.3) is 6.08 Å². The maximum atomic E-state index is 13.9. The van der Waals surface area contributed by atoms with Gasteiger partial charge in [-0.1, -0.05) is 54.1 Å². The van der Waals surface area contributed by atoms with Crippen LogP contribution in [0.3, 0.4) is 0 Å². The second-order valence-corrected chi connectivity index (χ2v) is 9.75. The Hall–Kier alpha value is -2.92. The van der Waals surface area contributed by atoms with E-state index in [4.69, 9.17) is 11.6 Å². The van der Waals surface area contributed by atoms with Crippen LogP contribution in [0.2, 0.25) is 5.02 Å². The summed E-state index contributed by atoms with van der Waals surface area (Å²) >= 11 is 6.37. The van der Waals surface area contributed by atoms with E-state index in [-0.39, 0.29) is 23.6 Å². The molecule has 2 saturated heterocycles. The summed E-state index contributed by atoms with van der Waals surface area (Å²) < 4.78 is 0. The Balaban J connectivity index is 1.69. The summed E-state index contributed by atoms with van der Waals surface area (Å²) in [6.07, 6.45) is 3.94. The number of hydrogen-bond acceptors (Lipinski definition) is 4. The Bertz CT molecular complexity index is 1150.